The average Bonchev–Trinajstić information content (AvgIpc) is 3.28. The van der Waals surface area contributed by atoms with Crippen molar-refractivity contribution < 1.29 is 19.4 Å². The Morgan fingerprint density at radius 2 is 1.71 bits per heavy atom. The van der Waals surface area contributed by atoms with E-state index in [-0.39, 0.29) is 18.9 Å². The first-order chi connectivity index (χ1) is 20.2. The highest BCUT2D eigenvalue weighted by Crippen LogP contribution is 2.37. The van der Waals surface area contributed by atoms with Crippen molar-refractivity contribution in [3.05, 3.63) is 112 Å². The second kappa shape index (κ2) is 12.5. The molecule has 0 saturated heterocycles. The molecule has 4 aromatic carbocycles. The van der Waals surface area contributed by atoms with E-state index in [0.29, 0.717) is 39.6 Å². The molecule has 0 aliphatic carbocycles. The van der Waals surface area contributed by atoms with Crippen LogP contribution in [0.1, 0.15) is 27.9 Å². The third-order valence-electron chi connectivity index (χ3n) is 6.70. The highest BCUT2D eigenvalue weighted by atomic mass is 35.5. The number of carbonyl (C=O) groups is 2. The molecule has 42 heavy (non-hydrogen) atoms. The molecular formula is C32H28Cl2N4O4. The van der Waals surface area contributed by atoms with E-state index in [9.17, 15) is 9.59 Å². The highest BCUT2D eigenvalue weighted by Gasteiger charge is 2.20. The minimum Gasteiger partial charge on any atom is -0.481 e. The van der Waals surface area contributed by atoms with E-state index in [1.165, 1.54) is 0 Å². The molecule has 0 aliphatic heterocycles. The van der Waals surface area contributed by atoms with Crippen molar-refractivity contribution in [2.75, 3.05) is 11.4 Å². The fraction of sp³-hybridized carbons (Fsp3) is 0.156. The van der Waals surface area contributed by atoms with E-state index in [1.807, 2.05) is 61.0 Å². The Kier molecular flexibility index (Phi) is 8.66. The second-order valence-electron chi connectivity index (χ2n) is 9.82. The third-order valence-corrected chi connectivity index (χ3v) is 7.25. The first-order valence-electron chi connectivity index (χ1n) is 13.2. The topological polar surface area (TPSA) is 96.7 Å². The summed E-state index contributed by atoms with van der Waals surface area (Å²) in [5.74, 6) is 0.541. The number of amides is 1. The summed E-state index contributed by atoms with van der Waals surface area (Å²) in [6.45, 7) is 2.53. The van der Waals surface area contributed by atoms with E-state index in [0.717, 1.165) is 27.8 Å². The Labute approximate surface area is 253 Å². The van der Waals surface area contributed by atoms with E-state index < -0.39 is 5.97 Å². The summed E-state index contributed by atoms with van der Waals surface area (Å²) in [7, 11) is 1.97. The summed E-state index contributed by atoms with van der Waals surface area (Å²) in [5, 5.41) is 12.5. The van der Waals surface area contributed by atoms with Gasteiger partial charge in [0.05, 0.1) is 29.0 Å². The maximum Gasteiger partial charge on any atom is 0.305 e. The van der Waals surface area contributed by atoms with Crippen molar-refractivity contribution in [1.29, 1.82) is 0 Å². The zero-order valence-corrected chi connectivity index (χ0v) is 24.5. The van der Waals surface area contributed by atoms with Gasteiger partial charge in [-0.2, -0.15) is 0 Å². The first-order valence-corrected chi connectivity index (χ1v) is 14.0. The number of imidazole rings is 1. The summed E-state index contributed by atoms with van der Waals surface area (Å²) < 4.78 is 8.02. The van der Waals surface area contributed by atoms with Crippen LogP contribution in [0.15, 0.2) is 84.9 Å². The number of aliphatic carboxylic acids is 1. The van der Waals surface area contributed by atoms with Gasteiger partial charge in [-0.05, 0) is 84.8 Å². The van der Waals surface area contributed by atoms with Gasteiger partial charge in [-0.3, -0.25) is 9.59 Å². The molecule has 214 valence electrons. The molecule has 0 fully saturated rings. The average molecular weight is 604 g/mol. The number of ether oxygens (including phenoxy) is 1. The van der Waals surface area contributed by atoms with Crippen LogP contribution in [0.5, 0.6) is 11.5 Å². The van der Waals surface area contributed by atoms with Crippen LogP contribution in [0, 0.1) is 6.92 Å². The normalized spacial score (nSPS) is 11.0. The number of halogens is 2. The number of hydrogen-bond acceptors (Lipinski definition) is 5. The van der Waals surface area contributed by atoms with Crippen molar-refractivity contribution in [3.63, 3.8) is 0 Å². The second-order valence-corrected chi connectivity index (χ2v) is 10.7. The monoisotopic (exact) mass is 602 g/mol. The number of carboxylic acid groups (broad SMARTS) is 1. The number of hydrogen-bond donors (Lipinski definition) is 2. The summed E-state index contributed by atoms with van der Waals surface area (Å²) in [6.07, 6.45) is -0.136. The third kappa shape index (κ3) is 6.67. The lowest BCUT2D eigenvalue weighted by Crippen LogP contribution is -2.26. The molecule has 5 aromatic rings. The SMILES string of the molecule is Cc1ccc2c(c1)nc(N(Cc1ccc(C(=O)NCCC(=O)O)cc1)c1ccc(Oc3ccc(Cl)cc3)c(Cl)c1)n2C. The van der Waals surface area contributed by atoms with Gasteiger partial charge in [0.2, 0.25) is 5.95 Å². The Morgan fingerprint density at radius 1 is 0.976 bits per heavy atom. The van der Waals surface area contributed by atoms with Crippen LogP contribution in [0.25, 0.3) is 11.0 Å². The van der Waals surface area contributed by atoms with Crippen molar-refractivity contribution in [3.8, 4) is 11.5 Å². The number of rotatable bonds is 10. The van der Waals surface area contributed by atoms with Gasteiger partial charge < -0.3 is 24.6 Å². The van der Waals surface area contributed by atoms with Gasteiger partial charge in [0.25, 0.3) is 5.91 Å². The molecule has 10 heteroatoms. The largest absolute Gasteiger partial charge is 0.481 e. The predicted octanol–water partition coefficient (Wildman–Crippen LogP) is 7.52. The van der Waals surface area contributed by atoms with Crippen LogP contribution < -0.4 is 15.0 Å². The van der Waals surface area contributed by atoms with Crippen molar-refractivity contribution >= 4 is 57.7 Å². The molecule has 5 rings (SSSR count). The molecule has 1 aromatic heterocycles. The number of aryl methyl sites for hydroxylation is 2. The van der Waals surface area contributed by atoms with E-state index in [1.54, 1.807) is 36.4 Å². The number of carboxylic acids is 1. The number of benzene rings is 4. The van der Waals surface area contributed by atoms with Crippen LogP contribution in [-0.2, 0) is 18.4 Å². The molecule has 0 radical (unpaired) electrons. The van der Waals surface area contributed by atoms with Gasteiger partial charge in [-0.15, -0.1) is 0 Å². The molecule has 8 nitrogen and oxygen atoms in total. The van der Waals surface area contributed by atoms with E-state index in [4.69, 9.17) is 38.0 Å². The molecular weight excluding hydrogens is 575 g/mol. The first kappa shape index (κ1) is 29.0. The highest BCUT2D eigenvalue weighted by molar-refractivity contribution is 6.32. The molecule has 1 heterocycles. The number of fused-ring (bicyclic) bond motifs is 1. The fourth-order valence-corrected chi connectivity index (χ4v) is 4.85. The zero-order valence-electron chi connectivity index (χ0n) is 23.0. The number of anilines is 2. The van der Waals surface area contributed by atoms with Gasteiger partial charge in [-0.25, -0.2) is 4.98 Å². The maximum absolute atomic E-state index is 12.4. The minimum absolute atomic E-state index is 0.0639. The molecule has 2 N–H and O–H groups in total. The number of aromatic nitrogens is 2. The Morgan fingerprint density at radius 3 is 2.40 bits per heavy atom. The van der Waals surface area contributed by atoms with Gasteiger partial charge >= 0.3 is 5.97 Å². The van der Waals surface area contributed by atoms with Crippen molar-refractivity contribution in [1.82, 2.24) is 14.9 Å². The predicted molar refractivity (Wildman–Crippen MR) is 165 cm³/mol. The summed E-state index contributed by atoms with van der Waals surface area (Å²) in [4.78, 5) is 30.2. The lowest BCUT2D eigenvalue weighted by Gasteiger charge is -2.25. The van der Waals surface area contributed by atoms with Crippen LogP contribution in [0.3, 0.4) is 0 Å². The standard InChI is InChI=1S/C32H28Cl2N4O4/c1-20-3-13-28-27(17-20)36-32(37(28)2)38(19-21-4-6-22(7-5-21)31(41)35-16-15-30(39)40)24-10-14-29(26(34)18-24)42-25-11-8-23(33)9-12-25/h3-14,17-18H,15-16,19H2,1-2H3,(H,35,41)(H,39,40). The summed E-state index contributed by atoms with van der Waals surface area (Å²) in [5.41, 5.74) is 5.15. The Bertz CT molecular complexity index is 1750. The summed E-state index contributed by atoms with van der Waals surface area (Å²) >= 11 is 12.7. The number of nitrogens with one attached hydrogen (secondary N) is 1. The minimum atomic E-state index is -0.965. The van der Waals surface area contributed by atoms with Gasteiger partial charge in [0.15, 0.2) is 0 Å². The van der Waals surface area contributed by atoms with Crippen LogP contribution in [0.4, 0.5) is 11.6 Å². The van der Waals surface area contributed by atoms with Crippen molar-refractivity contribution in [2.24, 2.45) is 7.05 Å². The summed E-state index contributed by atoms with van der Waals surface area (Å²) in [6, 6.07) is 25.9. The van der Waals surface area contributed by atoms with Gasteiger partial charge in [0.1, 0.15) is 11.5 Å². The lowest BCUT2D eigenvalue weighted by molar-refractivity contribution is -0.136. The quantitative estimate of drug-likeness (QED) is 0.171. The van der Waals surface area contributed by atoms with Crippen LogP contribution >= 0.6 is 23.2 Å². The lowest BCUT2D eigenvalue weighted by atomic mass is 10.1. The molecule has 0 unspecified atom stereocenters. The molecule has 0 aliphatic rings. The van der Waals surface area contributed by atoms with Crippen molar-refractivity contribution in [2.45, 2.75) is 19.9 Å². The number of carbonyl (C=O) groups excluding carboxylic acids is 1. The van der Waals surface area contributed by atoms with Gasteiger partial charge in [0, 0.05) is 29.9 Å². The van der Waals surface area contributed by atoms with E-state index >= 15 is 0 Å². The zero-order chi connectivity index (χ0) is 29.8. The Hall–Kier alpha value is -4.53. The molecule has 0 bridgehead atoms. The molecule has 0 spiro atoms. The van der Waals surface area contributed by atoms with Crippen LogP contribution in [-0.4, -0.2) is 33.1 Å². The van der Waals surface area contributed by atoms with Gasteiger partial charge in [-0.1, -0.05) is 41.4 Å². The smallest absolute Gasteiger partial charge is 0.305 e. The maximum atomic E-state index is 12.4. The molecule has 0 saturated carbocycles. The fourth-order valence-electron chi connectivity index (χ4n) is 4.52. The molecule has 0 atom stereocenters. The molecule has 1 amide bonds. The number of nitrogens with zero attached hydrogens (tertiary/aromatic N) is 3. The Balaban J connectivity index is 1.45. The van der Waals surface area contributed by atoms with Crippen LogP contribution in [0.2, 0.25) is 10.0 Å². The van der Waals surface area contributed by atoms with E-state index in [2.05, 4.69) is 16.3 Å².